The fourth-order valence-electron chi connectivity index (χ4n) is 2.14. The van der Waals surface area contributed by atoms with Crippen LogP contribution in [0.1, 0.15) is 32.1 Å². The number of hydrogen-bond donors (Lipinski definition) is 1. The number of benzene rings is 1. The average Bonchev–Trinajstić information content (AvgIpc) is 2.34. The highest BCUT2D eigenvalue weighted by atomic mass is 35.5. The van der Waals surface area contributed by atoms with Crippen molar-refractivity contribution in [1.82, 2.24) is 0 Å². The van der Waals surface area contributed by atoms with Gasteiger partial charge in [0, 0.05) is 11.2 Å². The number of anilines is 1. The number of halogens is 3. The maximum Gasteiger partial charge on any atom is 0.0935 e. The zero-order chi connectivity index (χ0) is 13.0. The van der Waals surface area contributed by atoms with Crippen LogP contribution in [0.2, 0.25) is 15.1 Å². The molecule has 1 aromatic rings. The van der Waals surface area contributed by atoms with Crippen LogP contribution in [-0.4, -0.2) is 6.21 Å². The van der Waals surface area contributed by atoms with Gasteiger partial charge in [0.15, 0.2) is 0 Å². The zero-order valence-electron chi connectivity index (χ0n) is 9.93. The topological polar surface area (TPSA) is 24.4 Å². The van der Waals surface area contributed by atoms with Crippen LogP contribution < -0.4 is 5.43 Å². The normalized spacial score (nSPS) is 17.3. The molecule has 5 heteroatoms. The first-order chi connectivity index (χ1) is 8.66. The van der Waals surface area contributed by atoms with E-state index in [1.807, 2.05) is 6.21 Å². The smallest absolute Gasteiger partial charge is 0.0935 e. The lowest BCUT2D eigenvalue weighted by Gasteiger charge is -2.17. The number of rotatable bonds is 3. The van der Waals surface area contributed by atoms with Crippen LogP contribution in [0.15, 0.2) is 17.2 Å². The molecule has 1 aliphatic carbocycles. The molecule has 0 spiro atoms. The molecular formula is C13H15Cl3N2. The molecule has 0 unspecified atom stereocenters. The van der Waals surface area contributed by atoms with Crippen molar-refractivity contribution in [3.8, 4) is 0 Å². The summed E-state index contributed by atoms with van der Waals surface area (Å²) in [5.74, 6) is 0.566. The Morgan fingerprint density at radius 1 is 1.06 bits per heavy atom. The molecule has 0 heterocycles. The average molecular weight is 306 g/mol. The first kappa shape index (κ1) is 14.0. The van der Waals surface area contributed by atoms with Gasteiger partial charge in [0.25, 0.3) is 0 Å². The maximum atomic E-state index is 6.05. The third-order valence-electron chi connectivity index (χ3n) is 3.12. The van der Waals surface area contributed by atoms with E-state index in [1.54, 1.807) is 12.1 Å². The SMILES string of the molecule is Clc1cc(Cl)c(N/N=C\C2CCCCC2)c(Cl)c1. The zero-order valence-corrected chi connectivity index (χ0v) is 12.2. The van der Waals surface area contributed by atoms with Gasteiger partial charge >= 0.3 is 0 Å². The van der Waals surface area contributed by atoms with Crippen LogP contribution in [0.3, 0.4) is 0 Å². The molecule has 0 radical (unpaired) electrons. The first-order valence-electron chi connectivity index (χ1n) is 6.10. The van der Waals surface area contributed by atoms with Gasteiger partial charge in [-0.2, -0.15) is 5.10 Å². The molecule has 18 heavy (non-hydrogen) atoms. The number of hydrogen-bond acceptors (Lipinski definition) is 2. The van der Waals surface area contributed by atoms with Crippen molar-refractivity contribution < 1.29 is 0 Å². The summed E-state index contributed by atoms with van der Waals surface area (Å²) in [5, 5.41) is 5.71. The van der Waals surface area contributed by atoms with E-state index in [-0.39, 0.29) is 0 Å². The van der Waals surface area contributed by atoms with E-state index in [1.165, 1.54) is 32.1 Å². The van der Waals surface area contributed by atoms with Gasteiger partial charge in [-0.05, 0) is 30.9 Å². The lowest BCUT2D eigenvalue weighted by atomic mass is 9.90. The Morgan fingerprint density at radius 2 is 1.67 bits per heavy atom. The second kappa shape index (κ2) is 6.65. The van der Waals surface area contributed by atoms with E-state index in [0.717, 1.165) is 0 Å². The highest BCUT2D eigenvalue weighted by molar-refractivity contribution is 6.41. The van der Waals surface area contributed by atoms with Gasteiger partial charge in [-0.1, -0.05) is 54.1 Å². The Hall–Kier alpha value is -0.440. The van der Waals surface area contributed by atoms with E-state index >= 15 is 0 Å². The van der Waals surface area contributed by atoms with Crippen molar-refractivity contribution >= 4 is 46.7 Å². The Kier molecular flexibility index (Phi) is 5.16. The molecule has 1 saturated carbocycles. The molecule has 0 amide bonds. The van der Waals surface area contributed by atoms with Crippen LogP contribution >= 0.6 is 34.8 Å². The van der Waals surface area contributed by atoms with Gasteiger partial charge in [-0.15, -0.1) is 0 Å². The Balaban J connectivity index is 1.99. The molecule has 1 fully saturated rings. The molecule has 0 bridgehead atoms. The van der Waals surface area contributed by atoms with Gasteiger partial charge in [0.05, 0.1) is 15.7 Å². The highest BCUT2D eigenvalue weighted by Gasteiger charge is 2.11. The fourth-order valence-corrected chi connectivity index (χ4v) is 3.04. The third-order valence-corrected chi connectivity index (χ3v) is 3.93. The predicted molar refractivity (Wildman–Crippen MR) is 80.2 cm³/mol. The molecule has 0 atom stereocenters. The fraction of sp³-hybridized carbons (Fsp3) is 0.462. The van der Waals surface area contributed by atoms with Crippen molar-refractivity contribution in [3.05, 3.63) is 27.2 Å². The summed E-state index contributed by atoms with van der Waals surface area (Å²) in [6.45, 7) is 0. The van der Waals surface area contributed by atoms with E-state index in [4.69, 9.17) is 34.8 Å². The summed E-state index contributed by atoms with van der Waals surface area (Å²) in [6, 6.07) is 3.29. The molecule has 0 saturated heterocycles. The molecule has 98 valence electrons. The van der Waals surface area contributed by atoms with Crippen molar-refractivity contribution in [2.24, 2.45) is 11.0 Å². The first-order valence-corrected chi connectivity index (χ1v) is 7.24. The molecule has 2 nitrogen and oxygen atoms in total. The van der Waals surface area contributed by atoms with Crippen molar-refractivity contribution in [2.75, 3.05) is 5.43 Å². The van der Waals surface area contributed by atoms with Crippen LogP contribution in [0, 0.1) is 5.92 Å². The highest BCUT2D eigenvalue weighted by Crippen LogP contribution is 2.33. The molecular weight excluding hydrogens is 291 g/mol. The monoisotopic (exact) mass is 304 g/mol. The molecule has 0 aliphatic heterocycles. The summed E-state index contributed by atoms with van der Waals surface area (Å²) in [5.41, 5.74) is 3.51. The minimum Gasteiger partial charge on any atom is -0.276 e. The second-order valence-corrected chi connectivity index (χ2v) is 5.78. The van der Waals surface area contributed by atoms with Crippen molar-refractivity contribution in [3.63, 3.8) is 0 Å². The van der Waals surface area contributed by atoms with Crippen LogP contribution in [0.25, 0.3) is 0 Å². The van der Waals surface area contributed by atoms with Crippen LogP contribution in [0.4, 0.5) is 5.69 Å². The molecule has 1 aliphatic rings. The quantitative estimate of drug-likeness (QED) is 0.568. The number of hydrazone groups is 1. The summed E-state index contributed by atoms with van der Waals surface area (Å²) >= 11 is 17.9. The Bertz CT molecular complexity index is 417. The lowest BCUT2D eigenvalue weighted by Crippen LogP contribution is -2.08. The molecule has 2 rings (SSSR count). The van der Waals surface area contributed by atoms with Gasteiger partial charge < -0.3 is 0 Å². The van der Waals surface area contributed by atoms with Gasteiger partial charge in [-0.25, -0.2) is 0 Å². The standard InChI is InChI=1S/C13H15Cl3N2/c14-10-6-11(15)13(12(16)7-10)18-17-8-9-4-2-1-3-5-9/h6-9,18H,1-5H2/b17-8-. The Morgan fingerprint density at radius 3 is 2.28 bits per heavy atom. The van der Waals surface area contributed by atoms with Gasteiger partial charge in [0.1, 0.15) is 0 Å². The predicted octanol–water partition coefficient (Wildman–Crippen LogP) is 5.62. The molecule has 0 aromatic heterocycles. The minimum absolute atomic E-state index is 0.480. The van der Waals surface area contributed by atoms with E-state index in [9.17, 15) is 0 Å². The third kappa shape index (κ3) is 3.78. The Labute approximate surface area is 122 Å². The number of nitrogens with one attached hydrogen (secondary N) is 1. The largest absolute Gasteiger partial charge is 0.276 e. The second-order valence-electron chi connectivity index (χ2n) is 4.53. The summed E-state index contributed by atoms with van der Waals surface area (Å²) in [6.07, 6.45) is 8.31. The molecule has 1 N–H and O–H groups in total. The van der Waals surface area contributed by atoms with E-state index in [2.05, 4.69) is 10.5 Å². The van der Waals surface area contributed by atoms with E-state index < -0.39 is 0 Å². The van der Waals surface area contributed by atoms with E-state index in [0.29, 0.717) is 26.7 Å². The van der Waals surface area contributed by atoms with Gasteiger partial charge in [0.2, 0.25) is 0 Å². The molecule has 1 aromatic carbocycles. The maximum absolute atomic E-state index is 6.05. The lowest BCUT2D eigenvalue weighted by molar-refractivity contribution is 0.445. The summed E-state index contributed by atoms with van der Waals surface area (Å²) < 4.78 is 0. The van der Waals surface area contributed by atoms with Crippen LogP contribution in [0.5, 0.6) is 0 Å². The summed E-state index contributed by atoms with van der Waals surface area (Å²) in [4.78, 5) is 0. The summed E-state index contributed by atoms with van der Waals surface area (Å²) in [7, 11) is 0. The van der Waals surface area contributed by atoms with Crippen molar-refractivity contribution in [2.45, 2.75) is 32.1 Å². The van der Waals surface area contributed by atoms with Crippen LogP contribution in [-0.2, 0) is 0 Å². The van der Waals surface area contributed by atoms with Crippen molar-refractivity contribution in [1.29, 1.82) is 0 Å². The van der Waals surface area contributed by atoms with Gasteiger partial charge in [-0.3, -0.25) is 5.43 Å². The minimum atomic E-state index is 0.480. The number of nitrogens with zero attached hydrogens (tertiary/aromatic N) is 1.